The number of benzene rings is 1. The van der Waals surface area contributed by atoms with Gasteiger partial charge in [0.1, 0.15) is 11.4 Å². The Balaban J connectivity index is 2.63. The maximum Gasteiger partial charge on any atom is 0.271 e. The van der Waals surface area contributed by atoms with Crippen LogP contribution in [0.1, 0.15) is 40.5 Å². The second kappa shape index (κ2) is 4.76. The van der Waals surface area contributed by atoms with Gasteiger partial charge in [-0.05, 0) is 38.8 Å². The first-order chi connectivity index (χ1) is 8.96. The minimum absolute atomic E-state index is 0.0119. The van der Waals surface area contributed by atoms with Crippen LogP contribution in [0.25, 0.3) is 0 Å². The minimum atomic E-state index is -0.759. The fourth-order valence-electron chi connectivity index (χ4n) is 2.64. The number of nitrogen functional groups attached to an aromatic ring is 1. The van der Waals surface area contributed by atoms with Crippen LogP contribution in [-0.2, 0) is 4.79 Å². The summed E-state index contributed by atoms with van der Waals surface area (Å²) in [7, 11) is 0. The fraction of sp³-hybridized carbons (Fsp3) is 0.533. The molecule has 0 fully saturated rings. The third-order valence-corrected chi connectivity index (χ3v) is 3.84. The van der Waals surface area contributed by atoms with Crippen molar-refractivity contribution in [3.63, 3.8) is 0 Å². The molecule has 4 heteroatoms. The molecule has 0 aromatic heterocycles. The number of fused-ring (bicyclic) bond motifs is 1. The molecule has 0 saturated carbocycles. The van der Waals surface area contributed by atoms with Gasteiger partial charge in [-0.25, -0.2) is 0 Å². The van der Waals surface area contributed by atoms with E-state index < -0.39 is 5.60 Å². The maximum atomic E-state index is 12.8. The van der Waals surface area contributed by atoms with Crippen molar-refractivity contribution >= 4 is 17.3 Å². The summed E-state index contributed by atoms with van der Waals surface area (Å²) in [5.41, 5.74) is 6.56. The standard InChI is InChI=1S/C15H22N2O2/c1-5-15(6-2)14(18)17(10(3)4)13-11(16)8-7-9-12(13)19-15/h7-10H,5-6,16H2,1-4H3. The number of hydrogen-bond acceptors (Lipinski definition) is 3. The molecule has 1 aliphatic rings. The van der Waals surface area contributed by atoms with Crippen LogP contribution in [0.5, 0.6) is 5.75 Å². The van der Waals surface area contributed by atoms with Gasteiger partial charge in [0.2, 0.25) is 0 Å². The van der Waals surface area contributed by atoms with Gasteiger partial charge in [0.15, 0.2) is 5.60 Å². The van der Waals surface area contributed by atoms with Gasteiger partial charge < -0.3 is 15.4 Å². The maximum absolute atomic E-state index is 12.8. The van der Waals surface area contributed by atoms with Crippen LogP contribution in [0, 0.1) is 0 Å². The van der Waals surface area contributed by atoms with Crippen LogP contribution in [0.15, 0.2) is 18.2 Å². The van der Waals surface area contributed by atoms with Crippen molar-refractivity contribution in [2.45, 2.75) is 52.2 Å². The SMILES string of the molecule is CCC1(CC)Oc2cccc(N)c2N(C(C)C)C1=O. The van der Waals surface area contributed by atoms with Gasteiger partial charge in [0.05, 0.1) is 5.69 Å². The van der Waals surface area contributed by atoms with E-state index in [2.05, 4.69) is 0 Å². The van der Waals surface area contributed by atoms with Crippen molar-refractivity contribution in [1.29, 1.82) is 0 Å². The summed E-state index contributed by atoms with van der Waals surface area (Å²) in [4.78, 5) is 14.6. The average molecular weight is 262 g/mol. The molecule has 1 aromatic rings. The van der Waals surface area contributed by atoms with Crippen LogP contribution in [0.3, 0.4) is 0 Å². The van der Waals surface area contributed by atoms with E-state index in [0.717, 1.165) is 0 Å². The van der Waals surface area contributed by atoms with Gasteiger partial charge >= 0.3 is 0 Å². The molecule has 1 aliphatic heterocycles. The number of amides is 1. The largest absolute Gasteiger partial charge is 0.475 e. The van der Waals surface area contributed by atoms with E-state index in [4.69, 9.17) is 10.5 Å². The van der Waals surface area contributed by atoms with Crippen molar-refractivity contribution in [3.05, 3.63) is 18.2 Å². The van der Waals surface area contributed by atoms with Gasteiger partial charge in [0.25, 0.3) is 5.91 Å². The van der Waals surface area contributed by atoms with Crippen LogP contribution in [0.4, 0.5) is 11.4 Å². The molecule has 0 radical (unpaired) electrons. The van der Waals surface area contributed by atoms with E-state index in [9.17, 15) is 4.79 Å². The van der Waals surface area contributed by atoms with Crippen LogP contribution in [0.2, 0.25) is 0 Å². The van der Waals surface area contributed by atoms with Gasteiger partial charge in [-0.3, -0.25) is 4.79 Å². The van der Waals surface area contributed by atoms with E-state index in [1.165, 1.54) is 0 Å². The lowest BCUT2D eigenvalue weighted by molar-refractivity contribution is -0.136. The number of carbonyl (C=O) groups is 1. The number of hydrogen-bond donors (Lipinski definition) is 1. The monoisotopic (exact) mass is 262 g/mol. The number of anilines is 2. The highest BCUT2D eigenvalue weighted by Crippen LogP contribution is 2.44. The van der Waals surface area contributed by atoms with Crippen LogP contribution >= 0.6 is 0 Å². The Bertz CT molecular complexity index is 493. The Kier molecular flexibility index (Phi) is 3.43. The van der Waals surface area contributed by atoms with Crippen LogP contribution < -0.4 is 15.4 Å². The van der Waals surface area contributed by atoms with Gasteiger partial charge in [-0.2, -0.15) is 0 Å². The normalized spacial score (nSPS) is 17.3. The molecule has 0 bridgehead atoms. The van der Waals surface area contributed by atoms with Crippen molar-refractivity contribution in [1.82, 2.24) is 0 Å². The van der Waals surface area contributed by atoms with Crippen LogP contribution in [-0.4, -0.2) is 17.6 Å². The molecule has 4 nitrogen and oxygen atoms in total. The van der Waals surface area contributed by atoms with Gasteiger partial charge in [0, 0.05) is 6.04 Å². The Morgan fingerprint density at radius 3 is 2.47 bits per heavy atom. The molecule has 1 amide bonds. The van der Waals surface area contributed by atoms with Crippen molar-refractivity contribution in [2.24, 2.45) is 0 Å². The number of para-hydroxylation sites is 1. The Hall–Kier alpha value is -1.71. The Morgan fingerprint density at radius 2 is 1.95 bits per heavy atom. The molecule has 0 aliphatic carbocycles. The predicted molar refractivity (Wildman–Crippen MR) is 77.4 cm³/mol. The first-order valence-corrected chi connectivity index (χ1v) is 6.88. The Morgan fingerprint density at radius 1 is 1.32 bits per heavy atom. The third kappa shape index (κ3) is 1.95. The summed E-state index contributed by atoms with van der Waals surface area (Å²) in [6.07, 6.45) is 1.31. The van der Waals surface area contributed by atoms with E-state index in [0.29, 0.717) is 30.0 Å². The zero-order chi connectivity index (χ0) is 14.2. The molecule has 19 heavy (non-hydrogen) atoms. The predicted octanol–water partition coefficient (Wildman–Crippen LogP) is 2.96. The number of rotatable bonds is 3. The number of ether oxygens (including phenoxy) is 1. The first-order valence-electron chi connectivity index (χ1n) is 6.88. The molecule has 2 N–H and O–H groups in total. The van der Waals surface area contributed by atoms with E-state index in [-0.39, 0.29) is 11.9 Å². The highest BCUT2D eigenvalue weighted by atomic mass is 16.5. The summed E-state index contributed by atoms with van der Waals surface area (Å²) in [5, 5.41) is 0. The summed E-state index contributed by atoms with van der Waals surface area (Å²) >= 11 is 0. The van der Waals surface area contributed by atoms with E-state index in [1.807, 2.05) is 39.8 Å². The number of nitrogens with two attached hydrogens (primary N) is 1. The molecular formula is C15H22N2O2. The lowest BCUT2D eigenvalue weighted by Crippen LogP contribution is -2.57. The molecule has 1 heterocycles. The molecule has 0 saturated heterocycles. The molecule has 1 aromatic carbocycles. The van der Waals surface area contributed by atoms with Gasteiger partial charge in [-0.15, -0.1) is 0 Å². The summed E-state index contributed by atoms with van der Waals surface area (Å²) in [6, 6.07) is 5.60. The van der Waals surface area contributed by atoms with Crippen molar-refractivity contribution in [2.75, 3.05) is 10.6 Å². The molecule has 0 atom stereocenters. The molecule has 2 rings (SSSR count). The molecule has 0 unspecified atom stereocenters. The topological polar surface area (TPSA) is 55.6 Å². The lowest BCUT2D eigenvalue weighted by atomic mass is 9.92. The summed E-state index contributed by atoms with van der Waals surface area (Å²) in [6.45, 7) is 7.96. The number of nitrogens with zero attached hydrogens (tertiary/aromatic N) is 1. The first kappa shape index (κ1) is 13.7. The van der Waals surface area contributed by atoms with Crippen molar-refractivity contribution < 1.29 is 9.53 Å². The second-order valence-corrected chi connectivity index (χ2v) is 5.27. The molecule has 0 spiro atoms. The summed E-state index contributed by atoms with van der Waals surface area (Å²) < 4.78 is 6.02. The number of carbonyl (C=O) groups excluding carboxylic acids is 1. The highest BCUT2D eigenvalue weighted by Gasteiger charge is 2.47. The smallest absolute Gasteiger partial charge is 0.271 e. The quantitative estimate of drug-likeness (QED) is 0.852. The summed E-state index contributed by atoms with van der Waals surface area (Å²) in [5.74, 6) is 0.718. The zero-order valence-corrected chi connectivity index (χ0v) is 12.1. The highest BCUT2D eigenvalue weighted by molar-refractivity contribution is 6.05. The fourth-order valence-corrected chi connectivity index (χ4v) is 2.64. The Labute approximate surface area is 114 Å². The van der Waals surface area contributed by atoms with E-state index >= 15 is 0 Å². The molecular weight excluding hydrogens is 240 g/mol. The van der Waals surface area contributed by atoms with Crippen molar-refractivity contribution in [3.8, 4) is 5.75 Å². The lowest BCUT2D eigenvalue weighted by Gasteiger charge is -2.44. The average Bonchev–Trinajstić information content (AvgIpc) is 2.38. The van der Waals surface area contributed by atoms with Gasteiger partial charge in [-0.1, -0.05) is 19.9 Å². The molecule has 104 valence electrons. The minimum Gasteiger partial charge on any atom is -0.475 e. The van der Waals surface area contributed by atoms with E-state index in [1.54, 1.807) is 11.0 Å². The third-order valence-electron chi connectivity index (χ3n) is 3.84. The second-order valence-electron chi connectivity index (χ2n) is 5.27. The zero-order valence-electron chi connectivity index (χ0n) is 12.1.